The highest BCUT2D eigenvalue weighted by molar-refractivity contribution is 14.1. The van der Waals surface area contributed by atoms with Gasteiger partial charge in [-0.25, -0.2) is 9.97 Å². The highest BCUT2D eigenvalue weighted by Crippen LogP contribution is 2.28. The van der Waals surface area contributed by atoms with Crippen molar-refractivity contribution in [3.05, 3.63) is 33.1 Å². The molecule has 0 bridgehead atoms. The molecule has 0 aliphatic rings. The third-order valence-electron chi connectivity index (χ3n) is 2.31. The summed E-state index contributed by atoms with van der Waals surface area (Å²) in [6.45, 7) is 0. The smallest absolute Gasteiger partial charge is 0.161 e. The first-order valence-corrected chi connectivity index (χ1v) is 6.51. The van der Waals surface area contributed by atoms with Crippen molar-refractivity contribution in [2.24, 2.45) is 0 Å². The number of benzene rings is 1. The number of aromatic nitrogens is 2. The SMILES string of the molecule is COc1cc(OC)cc(-c2ncc(I)c(Cl)n2)c1. The molecule has 2 aromatic rings. The number of methoxy groups -OCH3 is 2. The van der Waals surface area contributed by atoms with Crippen molar-refractivity contribution in [3.63, 3.8) is 0 Å². The number of ether oxygens (including phenoxy) is 2. The molecule has 0 fully saturated rings. The van der Waals surface area contributed by atoms with Crippen LogP contribution in [0, 0.1) is 3.57 Å². The molecule has 0 N–H and O–H groups in total. The minimum absolute atomic E-state index is 0.433. The second kappa shape index (κ2) is 5.71. The Hall–Kier alpha value is -1.08. The first kappa shape index (κ1) is 13.4. The van der Waals surface area contributed by atoms with Gasteiger partial charge in [-0.3, -0.25) is 0 Å². The van der Waals surface area contributed by atoms with E-state index in [1.807, 2.05) is 12.1 Å². The van der Waals surface area contributed by atoms with Crippen LogP contribution < -0.4 is 9.47 Å². The van der Waals surface area contributed by atoms with Crippen molar-refractivity contribution in [2.45, 2.75) is 0 Å². The Bertz CT molecular complexity index is 556. The Morgan fingerprint density at radius 3 is 2.22 bits per heavy atom. The molecular formula is C12H10ClIN2O2. The highest BCUT2D eigenvalue weighted by Gasteiger charge is 2.08. The van der Waals surface area contributed by atoms with E-state index in [2.05, 4.69) is 32.6 Å². The fourth-order valence-corrected chi connectivity index (χ4v) is 1.81. The van der Waals surface area contributed by atoms with Gasteiger partial charge in [-0.2, -0.15) is 0 Å². The van der Waals surface area contributed by atoms with Gasteiger partial charge < -0.3 is 9.47 Å². The van der Waals surface area contributed by atoms with E-state index in [1.54, 1.807) is 26.5 Å². The first-order chi connectivity index (χ1) is 8.63. The van der Waals surface area contributed by atoms with Crippen molar-refractivity contribution < 1.29 is 9.47 Å². The van der Waals surface area contributed by atoms with E-state index in [1.165, 1.54) is 0 Å². The Kier molecular flexibility index (Phi) is 4.23. The largest absolute Gasteiger partial charge is 0.497 e. The molecule has 0 aliphatic heterocycles. The predicted molar refractivity (Wildman–Crippen MR) is 78.3 cm³/mol. The molecular weight excluding hydrogens is 367 g/mol. The second-order valence-electron chi connectivity index (χ2n) is 3.43. The normalized spacial score (nSPS) is 10.2. The fraction of sp³-hybridized carbons (Fsp3) is 0.167. The van der Waals surface area contributed by atoms with Gasteiger partial charge in [0.2, 0.25) is 0 Å². The number of hydrogen-bond donors (Lipinski definition) is 0. The Labute approximate surface area is 123 Å². The van der Waals surface area contributed by atoms with Gasteiger partial charge in [0.1, 0.15) is 16.7 Å². The minimum Gasteiger partial charge on any atom is -0.497 e. The molecule has 0 atom stereocenters. The Balaban J connectivity index is 2.51. The van der Waals surface area contributed by atoms with Gasteiger partial charge in [-0.05, 0) is 34.7 Å². The summed E-state index contributed by atoms with van der Waals surface area (Å²) in [4.78, 5) is 8.48. The lowest BCUT2D eigenvalue weighted by molar-refractivity contribution is 0.394. The Morgan fingerprint density at radius 2 is 1.72 bits per heavy atom. The van der Waals surface area contributed by atoms with Crippen LogP contribution >= 0.6 is 34.2 Å². The summed E-state index contributed by atoms with van der Waals surface area (Å²) in [5, 5.41) is 0.433. The van der Waals surface area contributed by atoms with E-state index in [0.29, 0.717) is 22.5 Å². The van der Waals surface area contributed by atoms with E-state index in [4.69, 9.17) is 21.1 Å². The molecule has 1 aromatic heterocycles. The molecule has 0 unspecified atom stereocenters. The van der Waals surface area contributed by atoms with Crippen molar-refractivity contribution in [3.8, 4) is 22.9 Å². The zero-order valence-electron chi connectivity index (χ0n) is 9.78. The zero-order chi connectivity index (χ0) is 13.1. The molecule has 0 saturated carbocycles. The quantitative estimate of drug-likeness (QED) is 0.608. The third-order valence-corrected chi connectivity index (χ3v) is 3.71. The van der Waals surface area contributed by atoms with E-state index in [0.717, 1.165) is 9.13 Å². The van der Waals surface area contributed by atoms with Crippen LogP contribution in [0.25, 0.3) is 11.4 Å². The lowest BCUT2D eigenvalue weighted by atomic mass is 10.2. The maximum Gasteiger partial charge on any atom is 0.161 e. The maximum absolute atomic E-state index is 5.99. The molecule has 2 rings (SSSR count). The van der Waals surface area contributed by atoms with Crippen LogP contribution in [0.15, 0.2) is 24.4 Å². The van der Waals surface area contributed by atoms with Gasteiger partial charge >= 0.3 is 0 Å². The molecule has 4 nitrogen and oxygen atoms in total. The minimum atomic E-state index is 0.433. The molecule has 0 radical (unpaired) electrons. The maximum atomic E-state index is 5.99. The number of hydrogen-bond acceptors (Lipinski definition) is 4. The van der Waals surface area contributed by atoms with Crippen molar-refractivity contribution >= 4 is 34.2 Å². The summed E-state index contributed by atoms with van der Waals surface area (Å²) >= 11 is 8.07. The zero-order valence-corrected chi connectivity index (χ0v) is 12.7. The molecule has 1 heterocycles. The molecule has 0 spiro atoms. The second-order valence-corrected chi connectivity index (χ2v) is 4.95. The van der Waals surface area contributed by atoms with Crippen LogP contribution in [0.2, 0.25) is 5.15 Å². The average Bonchev–Trinajstić information content (AvgIpc) is 2.41. The first-order valence-electron chi connectivity index (χ1n) is 5.05. The van der Waals surface area contributed by atoms with Gasteiger partial charge in [0, 0.05) is 17.8 Å². The monoisotopic (exact) mass is 376 g/mol. The van der Waals surface area contributed by atoms with Crippen LogP contribution in [0.1, 0.15) is 0 Å². The summed E-state index contributed by atoms with van der Waals surface area (Å²) in [6, 6.07) is 5.46. The Morgan fingerprint density at radius 1 is 1.11 bits per heavy atom. The molecule has 18 heavy (non-hydrogen) atoms. The van der Waals surface area contributed by atoms with E-state index in [9.17, 15) is 0 Å². The molecule has 0 amide bonds. The summed E-state index contributed by atoms with van der Waals surface area (Å²) in [5.74, 6) is 1.91. The molecule has 0 aliphatic carbocycles. The lowest BCUT2D eigenvalue weighted by Gasteiger charge is -2.08. The number of nitrogens with zero attached hydrogens (tertiary/aromatic N) is 2. The van der Waals surface area contributed by atoms with Gasteiger partial charge in [0.15, 0.2) is 5.82 Å². The van der Waals surface area contributed by atoms with Crippen LogP contribution in [-0.2, 0) is 0 Å². The molecule has 6 heteroatoms. The fourth-order valence-electron chi connectivity index (χ4n) is 1.42. The van der Waals surface area contributed by atoms with Crippen molar-refractivity contribution in [1.29, 1.82) is 0 Å². The van der Waals surface area contributed by atoms with E-state index in [-0.39, 0.29) is 0 Å². The molecule has 0 saturated heterocycles. The number of halogens is 2. The average molecular weight is 377 g/mol. The van der Waals surface area contributed by atoms with Crippen LogP contribution in [0.4, 0.5) is 0 Å². The van der Waals surface area contributed by atoms with Crippen molar-refractivity contribution in [1.82, 2.24) is 9.97 Å². The van der Waals surface area contributed by atoms with Crippen LogP contribution in [0.3, 0.4) is 0 Å². The van der Waals surface area contributed by atoms with Gasteiger partial charge in [0.05, 0.1) is 17.8 Å². The third kappa shape index (κ3) is 2.84. The lowest BCUT2D eigenvalue weighted by Crippen LogP contribution is -1.94. The van der Waals surface area contributed by atoms with Crippen LogP contribution in [-0.4, -0.2) is 24.2 Å². The molecule has 94 valence electrons. The summed E-state index contributed by atoms with van der Waals surface area (Å²) in [5.41, 5.74) is 0.796. The van der Waals surface area contributed by atoms with Crippen LogP contribution in [0.5, 0.6) is 11.5 Å². The van der Waals surface area contributed by atoms with Gasteiger partial charge in [-0.15, -0.1) is 0 Å². The predicted octanol–water partition coefficient (Wildman–Crippen LogP) is 3.42. The number of rotatable bonds is 3. The van der Waals surface area contributed by atoms with E-state index >= 15 is 0 Å². The topological polar surface area (TPSA) is 44.2 Å². The molecule has 1 aromatic carbocycles. The summed E-state index contributed by atoms with van der Waals surface area (Å²) in [7, 11) is 3.20. The highest BCUT2D eigenvalue weighted by atomic mass is 127. The van der Waals surface area contributed by atoms with Gasteiger partial charge in [0.25, 0.3) is 0 Å². The van der Waals surface area contributed by atoms with E-state index < -0.39 is 0 Å². The summed E-state index contributed by atoms with van der Waals surface area (Å²) in [6.07, 6.45) is 1.68. The summed E-state index contributed by atoms with van der Waals surface area (Å²) < 4.78 is 11.2. The standard InChI is InChI=1S/C12H10ClIN2O2/c1-17-8-3-7(4-9(5-8)18-2)12-15-6-10(14)11(13)16-12/h3-6H,1-2H3. The van der Waals surface area contributed by atoms with Gasteiger partial charge in [-0.1, -0.05) is 11.6 Å². The van der Waals surface area contributed by atoms with Crippen molar-refractivity contribution in [2.75, 3.05) is 14.2 Å².